The van der Waals surface area contributed by atoms with Gasteiger partial charge in [-0.2, -0.15) is 0 Å². The van der Waals surface area contributed by atoms with Gasteiger partial charge >= 0.3 is 5.97 Å². The lowest BCUT2D eigenvalue weighted by Crippen LogP contribution is -2.31. The van der Waals surface area contributed by atoms with Crippen molar-refractivity contribution in [1.82, 2.24) is 10.2 Å². The molecule has 23 heavy (non-hydrogen) atoms. The second kappa shape index (κ2) is 15.7. The van der Waals surface area contributed by atoms with Gasteiger partial charge in [-0.05, 0) is 32.9 Å². The van der Waals surface area contributed by atoms with Crippen molar-refractivity contribution in [3.05, 3.63) is 0 Å². The molecule has 0 aromatic rings. The van der Waals surface area contributed by atoms with Crippen LogP contribution in [0, 0.1) is 11.8 Å². The highest BCUT2D eigenvalue weighted by Crippen LogP contribution is 2.02. The zero-order valence-electron chi connectivity index (χ0n) is 15.2. The normalized spacial score (nSPS) is 11.4. The van der Waals surface area contributed by atoms with Crippen LogP contribution < -0.4 is 5.32 Å². The maximum Gasteiger partial charge on any atom is 0.335 e. The Balaban J connectivity index is -0.000000338. The molecule has 0 spiro atoms. The van der Waals surface area contributed by atoms with Gasteiger partial charge in [0.25, 0.3) is 0 Å². The summed E-state index contributed by atoms with van der Waals surface area (Å²) < 4.78 is 4.58. The van der Waals surface area contributed by atoms with Crippen molar-refractivity contribution in [2.45, 2.75) is 54.6 Å². The minimum Gasteiger partial charge on any atom is -0.464 e. The number of aliphatic hydroxyl groups is 1. The van der Waals surface area contributed by atoms with Crippen LogP contribution in [0.2, 0.25) is 0 Å². The quantitative estimate of drug-likeness (QED) is 0.663. The van der Waals surface area contributed by atoms with Gasteiger partial charge in [-0.1, -0.05) is 35.1 Å². The van der Waals surface area contributed by atoms with E-state index in [1.54, 1.807) is 20.8 Å². The minimum absolute atomic E-state index is 0. The molecule has 140 valence electrons. The SMILES string of the molecule is C.CC(C)CC(=O)NCCN(C)C.CCOC(=O)C(O)C(C)C. The lowest BCUT2D eigenvalue weighted by molar-refractivity contribution is -0.155. The van der Waals surface area contributed by atoms with E-state index in [1.165, 1.54) is 0 Å². The Labute approximate surface area is 142 Å². The van der Waals surface area contributed by atoms with Crippen LogP contribution in [0.25, 0.3) is 0 Å². The van der Waals surface area contributed by atoms with Crippen molar-refractivity contribution in [3.8, 4) is 0 Å². The number of esters is 1. The monoisotopic (exact) mass is 334 g/mol. The third-order valence-corrected chi connectivity index (χ3v) is 2.63. The summed E-state index contributed by atoms with van der Waals surface area (Å²) in [7, 11) is 3.99. The number of hydrogen-bond donors (Lipinski definition) is 2. The Morgan fingerprint density at radius 2 is 1.70 bits per heavy atom. The standard InChI is InChI=1S/C9H20N2O.C7H14O3.CH4/c1-8(2)7-9(12)10-5-6-11(3)4;1-4-10-7(9)6(8)5(2)3;/h8H,5-7H2,1-4H3,(H,10,12);5-6,8H,4H2,1-3H3;1H4. The number of rotatable bonds is 8. The average Bonchev–Trinajstić information content (AvgIpc) is 2.37. The third kappa shape index (κ3) is 18.8. The summed E-state index contributed by atoms with van der Waals surface area (Å²) in [6.07, 6.45) is -0.340. The molecule has 0 rings (SSSR count). The largest absolute Gasteiger partial charge is 0.464 e. The van der Waals surface area contributed by atoms with Crippen molar-refractivity contribution in [2.24, 2.45) is 11.8 Å². The number of nitrogens with zero attached hydrogens (tertiary/aromatic N) is 1. The summed E-state index contributed by atoms with van der Waals surface area (Å²) in [6.45, 7) is 11.3. The second-order valence-electron chi connectivity index (χ2n) is 6.19. The Morgan fingerprint density at radius 3 is 2.04 bits per heavy atom. The van der Waals surface area contributed by atoms with Crippen molar-refractivity contribution >= 4 is 11.9 Å². The summed E-state index contributed by atoms with van der Waals surface area (Å²) in [5, 5.41) is 11.9. The van der Waals surface area contributed by atoms with Crippen LogP contribution in [0.1, 0.15) is 48.5 Å². The smallest absolute Gasteiger partial charge is 0.335 e. The van der Waals surface area contributed by atoms with Gasteiger partial charge in [0.05, 0.1) is 6.61 Å². The zero-order valence-corrected chi connectivity index (χ0v) is 15.2. The first-order valence-corrected chi connectivity index (χ1v) is 7.87. The van der Waals surface area contributed by atoms with Crippen LogP contribution in [0.4, 0.5) is 0 Å². The highest BCUT2D eigenvalue weighted by atomic mass is 16.5. The van der Waals surface area contributed by atoms with Gasteiger partial charge in [-0.3, -0.25) is 4.79 Å². The van der Waals surface area contributed by atoms with Crippen LogP contribution in [-0.4, -0.2) is 61.8 Å². The molecule has 2 N–H and O–H groups in total. The summed E-state index contributed by atoms with van der Waals surface area (Å²) in [5.41, 5.74) is 0. The molecule has 0 saturated carbocycles. The van der Waals surface area contributed by atoms with Gasteiger partial charge in [-0.15, -0.1) is 0 Å². The van der Waals surface area contributed by atoms with E-state index in [0.717, 1.165) is 13.1 Å². The molecule has 0 bridgehead atoms. The first-order chi connectivity index (χ1) is 10.1. The molecule has 0 aliphatic rings. The molecule has 0 aliphatic heterocycles. The predicted molar refractivity (Wildman–Crippen MR) is 95.2 cm³/mol. The van der Waals surface area contributed by atoms with Gasteiger partial charge in [0.15, 0.2) is 6.10 Å². The van der Waals surface area contributed by atoms with Gasteiger partial charge in [0.1, 0.15) is 0 Å². The molecule has 1 atom stereocenters. The predicted octanol–water partition coefficient (Wildman–Crippen LogP) is 1.91. The lowest BCUT2D eigenvalue weighted by Gasteiger charge is -2.11. The molecule has 0 fully saturated rings. The van der Waals surface area contributed by atoms with Gasteiger partial charge in [-0.25, -0.2) is 4.79 Å². The number of hydrogen-bond acceptors (Lipinski definition) is 5. The van der Waals surface area contributed by atoms with E-state index in [1.807, 2.05) is 27.9 Å². The number of carbonyl (C=O) groups is 2. The van der Waals surface area contributed by atoms with Gasteiger partial charge in [0, 0.05) is 19.5 Å². The van der Waals surface area contributed by atoms with Gasteiger partial charge in [0.2, 0.25) is 5.91 Å². The van der Waals surface area contributed by atoms with Crippen LogP contribution in [0.5, 0.6) is 0 Å². The fourth-order valence-electron chi connectivity index (χ4n) is 1.36. The number of likely N-dealkylation sites (N-methyl/N-ethyl adjacent to an activating group) is 1. The van der Waals surface area contributed by atoms with Gasteiger partial charge < -0.3 is 20.1 Å². The molecular formula is C17H38N2O4. The summed E-state index contributed by atoms with van der Waals surface area (Å²) in [5.74, 6) is 0.00718. The Kier molecular flexibility index (Phi) is 18.3. The van der Waals surface area contributed by atoms with Crippen LogP contribution in [-0.2, 0) is 14.3 Å². The van der Waals surface area contributed by atoms with E-state index in [-0.39, 0.29) is 19.3 Å². The first-order valence-electron chi connectivity index (χ1n) is 7.87. The van der Waals surface area contributed by atoms with Crippen LogP contribution in [0.3, 0.4) is 0 Å². The fraction of sp³-hybridized carbons (Fsp3) is 0.882. The lowest BCUT2D eigenvalue weighted by atomic mass is 10.1. The molecule has 0 saturated heterocycles. The molecule has 0 radical (unpaired) electrons. The summed E-state index contributed by atoms with van der Waals surface area (Å²) >= 11 is 0. The van der Waals surface area contributed by atoms with Crippen molar-refractivity contribution in [1.29, 1.82) is 0 Å². The van der Waals surface area contributed by atoms with Crippen LogP contribution in [0.15, 0.2) is 0 Å². The highest BCUT2D eigenvalue weighted by Gasteiger charge is 2.19. The molecule has 1 amide bonds. The summed E-state index contributed by atoms with van der Waals surface area (Å²) in [4.78, 5) is 23.9. The summed E-state index contributed by atoms with van der Waals surface area (Å²) in [6, 6.07) is 0. The Bertz CT molecular complexity index is 305. The molecule has 1 unspecified atom stereocenters. The molecule has 0 aromatic carbocycles. The van der Waals surface area contributed by atoms with E-state index in [9.17, 15) is 9.59 Å². The van der Waals surface area contributed by atoms with E-state index >= 15 is 0 Å². The van der Waals surface area contributed by atoms with Crippen molar-refractivity contribution in [3.63, 3.8) is 0 Å². The topological polar surface area (TPSA) is 78.9 Å². The number of carbonyl (C=O) groups excluding carboxylic acids is 2. The number of amides is 1. The molecule has 0 heterocycles. The maximum atomic E-state index is 11.1. The Hall–Kier alpha value is -1.14. The van der Waals surface area contributed by atoms with E-state index in [4.69, 9.17) is 5.11 Å². The first kappa shape index (κ1) is 26.7. The van der Waals surface area contributed by atoms with Crippen molar-refractivity contribution < 1.29 is 19.4 Å². The zero-order chi connectivity index (χ0) is 17.7. The second-order valence-corrected chi connectivity index (χ2v) is 6.19. The Morgan fingerprint density at radius 1 is 1.17 bits per heavy atom. The molecule has 0 aromatic heterocycles. The van der Waals surface area contributed by atoms with E-state index < -0.39 is 12.1 Å². The number of ether oxygens (including phenoxy) is 1. The van der Waals surface area contributed by atoms with E-state index in [2.05, 4.69) is 15.0 Å². The third-order valence-electron chi connectivity index (χ3n) is 2.63. The number of nitrogens with one attached hydrogen (secondary N) is 1. The molecule has 6 heteroatoms. The average molecular weight is 335 g/mol. The van der Waals surface area contributed by atoms with Crippen molar-refractivity contribution in [2.75, 3.05) is 33.8 Å². The maximum absolute atomic E-state index is 11.1. The highest BCUT2D eigenvalue weighted by molar-refractivity contribution is 5.76. The molecular weight excluding hydrogens is 296 g/mol. The van der Waals surface area contributed by atoms with Crippen LogP contribution >= 0.6 is 0 Å². The fourth-order valence-corrected chi connectivity index (χ4v) is 1.36. The number of aliphatic hydroxyl groups excluding tert-OH is 1. The molecule has 0 aliphatic carbocycles. The minimum atomic E-state index is -0.972. The molecule has 6 nitrogen and oxygen atoms in total. The van der Waals surface area contributed by atoms with E-state index in [0.29, 0.717) is 18.9 Å².